The number of aryl methyl sites for hydroxylation is 16. The number of fused-ring (bicyclic) bond motifs is 5. The van der Waals surface area contributed by atoms with Gasteiger partial charge in [-0.3, -0.25) is 15.0 Å². The normalized spacial score (nSPS) is 12.1. The van der Waals surface area contributed by atoms with Gasteiger partial charge in [-0.15, -0.1) is 0 Å². The molecule has 12 heteroatoms. The summed E-state index contributed by atoms with van der Waals surface area (Å²) in [7, 11) is 10.7. The first-order chi connectivity index (χ1) is 70.7. The van der Waals surface area contributed by atoms with E-state index < -0.39 is 0 Å². The van der Waals surface area contributed by atoms with E-state index in [1.165, 1.54) is 264 Å². The Morgan fingerprint density at radius 1 is 0.277 bits per heavy atom. The highest BCUT2D eigenvalue weighted by atomic mass is 14.9. The maximum Gasteiger partial charge on any atom is 0.213 e. The van der Waals surface area contributed by atoms with Crippen molar-refractivity contribution < 1.29 is 22.8 Å². The van der Waals surface area contributed by atoms with E-state index >= 15 is 0 Å². The third-order valence-corrected chi connectivity index (χ3v) is 30.2. The van der Waals surface area contributed by atoms with Crippen LogP contribution in [-0.2, 0) is 48.1 Å². The first-order valence-corrected chi connectivity index (χ1v) is 52.8. The third kappa shape index (κ3) is 23.1. The highest BCUT2D eigenvalue weighted by Crippen LogP contribution is 2.42. The summed E-state index contributed by atoms with van der Waals surface area (Å²) in [5, 5.41) is 12.4. The SMILES string of the molecule is Cc1cc(C)c(C)c(-c2cc3c(-c4ccc(C5CCCC5)nc4)cccc3c[n+]2C)c1.Cc1cc(C)c(C)c(-c2cc3c(-c4ccc(CC(C)(C)C)nc4)cccc3c[n+]2C)c1.Cc1cc(C)c(C)c(-c2cc3c(-c4ccc(CC(C)C)nc4)cccc3c[n+]2C)c1.Cc1cc(C)c(C)c(-c2cc3c(-c4cnc(C(C)C)nc4)cccc3c[n+]2C)c1.Cc1cc(C)c(C)c(-c2cc3c(-c4cnc(C)nc4)cccc3c[n+]2C)c1. The molecule has 0 saturated heterocycles. The van der Waals surface area contributed by atoms with Crippen LogP contribution in [0.2, 0.25) is 0 Å². The van der Waals surface area contributed by atoms with Crippen LogP contribution >= 0.6 is 0 Å². The van der Waals surface area contributed by atoms with Crippen LogP contribution in [0.3, 0.4) is 0 Å². The molecule has 1 aliphatic carbocycles. The zero-order valence-corrected chi connectivity index (χ0v) is 92.6. The molecular weight excluding hydrogens is 1800 g/mol. The van der Waals surface area contributed by atoms with Crippen LogP contribution in [0, 0.1) is 122 Å². The zero-order chi connectivity index (χ0) is 105. The smallest absolute Gasteiger partial charge is 0.213 e. The van der Waals surface area contributed by atoms with Crippen LogP contribution in [-0.4, -0.2) is 34.9 Å². The lowest BCUT2D eigenvalue weighted by molar-refractivity contribution is -0.659. The summed E-state index contributed by atoms with van der Waals surface area (Å²) in [4.78, 5) is 32.3. The molecule has 10 heterocycles. The van der Waals surface area contributed by atoms with Crippen molar-refractivity contribution in [3.8, 4) is 112 Å². The minimum Gasteiger partial charge on any atom is -0.261 e. The van der Waals surface area contributed by atoms with Gasteiger partial charge in [0.05, 0.1) is 0 Å². The van der Waals surface area contributed by atoms with Crippen LogP contribution in [0.1, 0.15) is 198 Å². The Bertz CT molecular complexity index is 8390. The first-order valence-electron chi connectivity index (χ1n) is 52.8. The molecule has 20 aromatic rings. The average molecular weight is 1950 g/mol. The maximum atomic E-state index is 4.87. The van der Waals surface area contributed by atoms with Crippen molar-refractivity contribution in [2.75, 3.05) is 0 Å². The van der Waals surface area contributed by atoms with E-state index in [9.17, 15) is 0 Å². The molecule has 0 spiro atoms. The van der Waals surface area contributed by atoms with Crippen molar-refractivity contribution >= 4 is 53.9 Å². The largest absolute Gasteiger partial charge is 0.261 e. The Kier molecular flexibility index (Phi) is 31.2. The molecule has 10 aromatic carbocycles. The van der Waals surface area contributed by atoms with Crippen molar-refractivity contribution in [1.29, 1.82) is 0 Å². The summed E-state index contributed by atoms with van der Waals surface area (Å²) in [6, 6.07) is 80.2. The van der Waals surface area contributed by atoms with Crippen LogP contribution in [0.25, 0.3) is 166 Å². The molecule has 1 saturated carbocycles. The second kappa shape index (κ2) is 44.3. The lowest BCUT2D eigenvalue weighted by atomic mass is 9.90. The van der Waals surface area contributed by atoms with Gasteiger partial charge in [0.2, 0.25) is 28.5 Å². The lowest BCUT2D eigenvalue weighted by Crippen LogP contribution is -2.30. The van der Waals surface area contributed by atoms with E-state index in [1.54, 1.807) is 0 Å². The van der Waals surface area contributed by atoms with Gasteiger partial charge in [0.25, 0.3) is 0 Å². The molecule has 0 N–H and O–H groups in total. The minimum absolute atomic E-state index is 0.238. The second-order valence-electron chi connectivity index (χ2n) is 44.0. The maximum absolute atomic E-state index is 4.87. The Morgan fingerprint density at radius 3 is 0.797 bits per heavy atom. The number of pyridine rings is 8. The van der Waals surface area contributed by atoms with E-state index in [2.05, 4.69) is 486 Å². The van der Waals surface area contributed by atoms with Gasteiger partial charge in [-0.2, -0.15) is 0 Å². The fraction of sp³-hybridized carbons (Fsp3) is 0.279. The summed E-state index contributed by atoms with van der Waals surface area (Å²) >= 11 is 0. The summed E-state index contributed by atoms with van der Waals surface area (Å²) in [6.07, 6.45) is 32.3. The molecule has 148 heavy (non-hydrogen) atoms. The molecular formula is C136H147N12+5. The number of nitrogens with zero attached hydrogens (tertiary/aromatic N) is 12. The average Bonchev–Trinajstić information content (AvgIpc) is 0.997. The molecule has 1 fully saturated rings. The van der Waals surface area contributed by atoms with E-state index in [4.69, 9.17) is 15.0 Å². The van der Waals surface area contributed by atoms with E-state index in [-0.39, 0.29) is 5.41 Å². The Morgan fingerprint density at radius 2 is 0.541 bits per heavy atom. The summed E-state index contributed by atoms with van der Waals surface area (Å²) in [6.45, 7) is 50.3. The molecule has 21 rings (SSSR count). The zero-order valence-electron chi connectivity index (χ0n) is 92.6. The number of rotatable bonds is 15. The Balaban J connectivity index is 0.000000126. The highest BCUT2D eigenvalue weighted by Gasteiger charge is 2.28. The monoisotopic (exact) mass is 1950 g/mol. The number of benzene rings is 10. The Labute approximate surface area is 878 Å². The topological polar surface area (TPSA) is 110 Å². The molecule has 0 aliphatic heterocycles. The molecule has 10 aromatic heterocycles. The molecule has 0 amide bonds. The van der Waals surface area contributed by atoms with Crippen molar-refractivity contribution in [2.45, 2.75) is 210 Å². The predicted molar refractivity (Wildman–Crippen MR) is 617 cm³/mol. The van der Waals surface area contributed by atoms with Crippen LogP contribution in [0.4, 0.5) is 0 Å². The molecule has 746 valence electrons. The van der Waals surface area contributed by atoms with Gasteiger partial charge in [0.15, 0.2) is 31.0 Å². The highest BCUT2D eigenvalue weighted by molar-refractivity contribution is 6.02. The van der Waals surface area contributed by atoms with Gasteiger partial charge in [-0.05, 0) is 310 Å². The molecule has 1 aliphatic rings. The van der Waals surface area contributed by atoms with E-state index in [0.29, 0.717) is 17.8 Å². The van der Waals surface area contributed by atoms with Crippen LogP contribution < -0.4 is 22.8 Å². The summed E-state index contributed by atoms with van der Waals surface area (Å²) in [5.74, 6) is 3.27. The molecule has 0 bridgehead atoms. The van der Waals surface area contributed by atoms with Crippen molar-refractivity contribution in [3.63, 3.8) is 0 Å². The number of aromatic nitrogens is 12. The van der Waals surface area contributed by atoms with Crippen molar-refractivity contribution in [3.05, 3.63) is 405 Å². The van der Waals surface area contributed by atoms with Gasteiger partial charge in [-0.25, -0.2) is 42.8 Å². The fourth-order valence-corrected chi connectivity index (χ4v) is 21.7. The van der Waals surface area contributed by atoms with Crippen molar-refractivity contribution in [1.82, 2.24) is 34.9 Å². The summed E-state index contributed by atoms with van der Waals surface area (Å²) in [5.41, 5.74) is 48.0. The molecule has 0 unspecified atom stereocenters. The molecule has 0 atom stereocenters. The first kappa shape index (κ1) is 104. The van der Waals surface area contributed by atoms with E-state index in [1.807, 2.05) is 44.1 Å². The van der Waals surface area contributed by atoms with Crippen LogP contribution in [0.5, 0.6) is 0 Å². The standard InChI is InChI=1S/C29H31N2.C29H33N2.C28H31N2.C26H28N3.C24H24N3/c1-19-14-20(2)21(3)26(15-19)29-16-27-24(18-31(29)4)10-7-11-25(27)23-12-13-28(30-17-23)22-8-5-6-9-22;1-19-13-20(2)21(3)26(14-19)28-15-27-23(18-31(28)7)9-8-10-25(27)22-11-12-24(30-17-22)16-29(4,5)6;1-18(2)12-24-11-10-22(16-29-24)25-9-7-8-23-17-30(6)28(15-27(23)25)26-14-19(3)13-20(4)21(26)5;1-16(2)26-27-13-21(14-28-26)22-9-7-8-20-15-29(6)25(12-24(20)22)23-11-17(3)10-18(4)19(23)5;1-15-9-16(2)17(3)22(10-15)24-11-23-19(14-27(24)5)7-6-8-21(23)20-12-25-18(4)26-13-20/h7,10-18,22H,5-6,8-9H2,1-4H3;8-15,17-18H,16H2,1-7H3;7-11,13-18H,12H2,1-6H3;7-16H,1-6H3;6-14H,1-5H3/q5*+1. The van der Waals surface area contributed by atoms with Gasteiger partial charge < -0.3 is 0 Å². The quantitative estimate of drug-likeness (QED) is 0.0940. The minimum atomic E-state index is 0.238. The van der Waals surface area contributed by atoms with E-state index in [0.717, 1.165) is 52.6 Å². The van der Waals surface area contributed by atoms with Gasteiger partial charge in [0.1, 0.15) is 46.9 Å². The number of hydrogen-bond donors (Lipinski definition) is 0. The van der Waals surface area contributed by atoms with Crippen LogP contribution in [0.15, 0.2) is 293 Å². The third-order valence-electron chi connectivity index (χ3n) is 30.2. The summed E-state index contributed by atoms with van der Waals surface area (Å²) < 4.78 is 11.2. The fourth-order valence-electron chi connectivity index (χ4n) is 21.7. The second-order valence-corrected chi connectivity index (χ2v) is 44.0. The Hall–Kier alpha value is -15.1. The van der Waals surface area contributed by atoms with Gasteiger partial charge >= 0.3 is 0 Å². The molecule has 0 radical (unpaired) electrons. The predicted octanol–water partition coefficient (Wildman–Crippen LogP) is 31.3. The van der Waals surface area contributed by atoms with Gasteiger partial charge in [-0.1, -0.05) is 198 Å². The molecule has 12 nitrogen and oxygen atoms in total. The number of hydrogen-bond acceptors (Lipinski definition) is 7. The lowest BCUT2D eigenvalue weighted by Gasteiger charge is -2.17. The van der Waals surface area contributed by atoms with Gasteiger partial charge in [0, 0.05) is 212 Å². The van der Waals surface area contributed by atoms with Crippen molar-refractivity contribution in [2.24, 2.45) is 46.6 Å².